The summed E-state index contributed by atoms with van der Waals surface area (Å²) >= 11 is 0. The molecule has 0 bridgehead atoms. The van der Waals surface area contributed by atoms with Gasteiger partial charge in [-0.3, -0.25) is 4.79 Å². The van der Waals surface area contributed by atoms with Gasteiger partial charge < -0.3 is 25.7 Å². The van der Waals surface area contributed by atoms with Crippen LogP contribution in [0.5, 0.6) is 0 Å². The first-order valence-corrected chi connectivity index (χ1v) is 5.99. The van der Waals surface area contributed by atoms with E-state index in [-0.39, 0.29) is 24.4 Å². The predicted octanol–water partition coefficient (Wildman–Crippen LogP) is -0.631. The van der Waals surface area contributed by atoms with Gasteiger partial charge in [-0.05, 0) is 13.3 Å². The van der Waals surface area contributed by atoms with Crippen molar-refractivity contribution in [1.29, 1.82) is 0 Å². The Labute approximate surface area is 106 Å². The summed E-state index contributed by atoms with van der Waals surface area (Å²) in [5.41, 5.74) is 4.56. The lowest BCUT2D eigenvalue weighted by Gasteiger charge is -2.39. The molecule has 7 heteroatoms. The molecule has 0 aliphatic carbocycles. The number of carbonyl (C=O) groups excluding carboxylic acids is 1. The number of ether oxygens (including phenoxy) is 1. The van der Waals surface area contributed by atoms with Crippen LogP contribution >= 0.6 is 0 Å². The summed E-state index contributed by atoms with van der Waals surface area (Å²) in [7, 11) is 0. The van der Waals surface area contributed by atoms with Gasteiger partial charge in [0.15, 0.2) is 5.84 Å². The SMILES string of the molecule is CCC(C)(C(=O)N1CCOCC1CO)C(N)=NO. The molecule has 0 aromatic heterocycles. The highest BCUT2D eigenvalue weighted by Crippen LogP contribution is 2.26. The second-order valence-corrected chi connectivity index (χ2v) is 4.58. The van der Waals surface area contributed by atoms with Crippen molar-refractivity contribution in [3.63, 3.8) is 0 Å². The Morgan fingerprint density at radius 3 is 2.83 bits per heavy atom. The molecule has 18 heavy (non-hydrogen) atoms. The minimum Gasteiger partial charge on any atom is -0.409 e. The Morgan fingerprint density at radius 2 is 2.33 bits per heavy atom. The summed E-state index contributed by atoms with van der Waals surface area (Å²) in [6, 6.07) is -0.372. The van der Waals surface area contributed by atoms with Crippen LogP contribution in [0.15, 0.2) is 5.16 Å². The Kier molecular flexibility index (Phi) is 4.92. The molecule has 0 aromatic carbocycles. The van der Waals surface area contributed by atoms with Crippen LogP contribution in [0, 0.1) is 5.41 Å². The largest absolute Gasteiger partial charge is 0.409 e. The number of rotatable bonds is 4. The van der Waals surface area contributed by atoms with Gasteiger partial charge in [0.25, 0.3) is 0 Å². The standard InChI is InChI=1S/C11H21N3O4/c1-3-11(2,9(12)13-17)10(16)14-4-5-18-7-8(14)6-15/h8,15,17H,3-7H2,1-2H3,(H2,12,13). The second kappa shape index (κ2) is 6.01. The van der Waals surface area contributed by atoms with Crippen molar-refractivity contribution in [2.45, 2.75) is 26.3 Å². The molecule has 1 aliphatic heterocycles. The highest BCUT2D eigenvalue weighted by Gasteiger charge is 2.42. The van der Waals surface area contributed by atoms with Crippen LogP contribution < -0.4 is 5.73 Å². The molecule has 2 atom stereocenters. The number of oxime groups is 1. The molecule has 1 heterocycles. The first-order chi connectivity index (χ1) is 8.51. The van der Waals surface area contributed by atoms with Gasteiger partial charge in [-0.2, -0.15) is 0 Å². The second-order valence-electron chi connectivity index (χ2n) is 4.58. The van der Waals surface area contributed by atoms with Gasteiger partial charge in [0.05, 0.1) is 25.9 Å². The highest BCUT2D eigenvalue weighted by molar-refractivity contribution is 6.06. The minimum absolute atomic E-state index is 0.113. The van der Waals surface area contributed by atoms with Crippen molar-refractivity contribution in [1.82, 2.24) is 4.90 Å². The molecule has 1 aliphatic rings. The lowest BCUT2D eigenvalue weighted by atomic mass is 9.84. The normalized spacial score (nSPS) is 24.7. The third kappa shape index (κ3) is 2.56. The highest BCUT2D eigenvalue weighted by atomic mass is 16.5. The van der Waals surface area contributed by atoms with E-state index in [1.807, 2.05) is 0 Å². The Bertz CT molecular complexity index is 334. The van der Waals surface area contributed by atoms with Gasteiger partial charge in [-0.15, -0.1) is 0 Å². The van der Waals surface area contributed by atoms with Gasteiger partial charge in [-0.25, -0.2) is 0 Å². The maximum absolute atomic E-state index is 12.5. The summed E-state index contributed by atoms with van der Waals surface area (Å²) in [5, 5.41) is 21.0. The number of carbonyl (C=O) groups is 1. The van der Waals surface area contributed by atoms with Crippen LogP contribution in [-0.2, 0) is 9.53 Å². The summed E-state index contributed by atoms with van der Waals surface area (Å²) in [4.78, 5) is 14.1. The first kappa shape index (κ1) is 14.7. The third-order valence-electron chi connectivity index (χ3n) is 3.55. The maximum Gasteiger partial charge on any atom is 0.236 e. The van der Waals surface area contributed by atoms with Gasteiger partial charge in [0.2, 0.25) is 5.91 Å². The van der Waals surface area contributed by atoms with Gasteiger partial charge in [-0.1, -0.05) is 12.1 Å². The maximum atomic E-state index is 12.5. The fraction of sp³-hybridized carbons (Fsp3) is 0.818. The number of aliphatic hydroxyl groups is 1. The summed E-state index contributed by atoms with van der Waals surface area (Å²) in [6.07, 6.45) is 0.414. The molecule has 0 radical (unpaired) electrons. The molecule has 0 aromatic rings. The topological polar surface area (TPSA) is 108 Å². The predicted molar refractivity (Wildman–Crippen MR) is 65.2 cm³/mol. The lowest BCUT2D eigenvalue weighted by Crippen LogP contribution is -2.57. The van der Waals surface area contributed by atoms with E-state index in [0.717, 1.165) is 0 Å². The van der Waals surface area contributed by atoms with Crippen LogP contribution in [-0.4, -0.2) is 59.4 Å². The Hall–Kier alpha value is -1.34. The van der Waals surface area contributed by atoms with Crippen molar-refractivity contribution in [3.05, 3.63) is 0 Å². The lowest BCUT2D eigenvalue weighted by molar-refractivity contribution is -0.148. The van der Waals surface area contributed by atoms with Crippen molar-refractivity contribution >= 4 is 11.7 Å². The van der Waals surface area contributed by atoms with Gasteiger partial charge >= 0.3 is 0 Å². The molecule has 7 nitrogen and oxygen atoms in total. The van der Waals surface area contributed by atoms with Crippen LogP contribution in [0.2, 0.25) is 0 Å². The number of morpholine rings is 1. The van der Waals surface area contributed by atoms with Gasteiger partial charge in [0.1, 0.15) is 5.41 Å². The number of hydrogen-bond acceptors (Lipinski definition) is 5. The van der Waals surface area contributed by atoms with Crippen LogP contribution in [0.4, 0.5) is 0 Å². The molecule has 0 saturated carbocycles. The summed E-state index contributed by atoms with van der Waals surface area (Å²) in [5.74, 6) is -0.360. The van der Waals surface area contributed by atoms with Gasteiger partial charge in [0, 0.05) is 6.54 Å². The minimum atomic E-state index is -1.06. The van der Waals surface area contributed by atoms with Crippen LogP contribution in [0.3, 0.4) is 0 Å². The average Bonchev–Trinajstić information content (AvgIpc) is 2.44. The Balaban J connectivity index is 2.95. The number of hydrogen-bond donors (Lipinski definition) is 3. The zero-order chi connectivity index (χ0) is 13.8. The van der Waals surface area contributed by atoms with Crippen LogP contribution in [0.1, 0.15) is 20.3 Å². The van der Waals surface area contributed by atoms with Crippen LogP contribution in [0.25, 0.3) is 0 Å². The zero-order valence-electron chi connectivity index (χ0n) is 10.8. The molecule has 2 unspecified atom stereocenters. The van der Waals surface area contributed by atoms with Crippen molar-refractivity contribution < 1.29 is 19.8 Å². The number of amidine groups is 1. The van der Waals surface area contributed by atoms with E-state index in [4.69, 9.17) is 15.7 Å². The number of amides is 1. The molecule has 104 valence electrons. The Morgan fingerprint density at radius 1 is 1.67 bits per heavy atom. The van der Waals surface area contributed by atoms with Crippen molar-refractivity contribution in [3.8, 4) is 0 Å². The monoisotopic (exact) mass is 259 g/mol. The smallest absolute Gasteiger partial charge is 0.236 e. The average molecular weight is 259 g/mol. The molecular weight excluding hydrogens is 238 g/mol. The van der Waals surface area contributed by atoms with E-state index in [9.17, 15) is 9.90 Å². The molecule has 4 N–H and O–H groups in total. The molecule has 1 saturated heterocycles. The summed E-state index contributed by atoms with van der Waals surface area (Å²) < 4.78 is 5.22. The van der Waals surface area contributed by atoms with E-state index in [1.54, 1.807) is 18.7 Å². The summed E-state index contributed by atoms with van der Waals surface area (Å²) in [6.45, 7) is 4.40. The quantitative estimate of drug-likeness (QED) is 0.269. The molecule has 1 amide bonds. The fourth-order valence-electron chi connectivity index (χ4n) is 1.94. The first-order valence-electron chi connectivity index (χ1n) is 5.99. The number of nitrogens with two attached hydrogens (primary N) is 1. The van der Waals surface area contributed by atoms with E-state index in [2.05, 4.69) is 5.16 Å². The zero-order valence-corrected chi connectivity index (χ0v) is 10.8. The fourth-order valence-corrected chi connectivity index (χ4v) is 1.94. The molecule has 1 rings (SSSR count). The molecule has 0 spiro atoms. The van der Waals surface area contributed by atoms with E-state index < -0.39 is 5.41 Å². The van der Waals surface area contributed by atoms with Crippen molar-refractivity contribution in [2.75, 3.05) is 26.4 Å². The van der Waals surface area contributed by atoms with E-state index in [1.165, 1.54) is 0 Å². The number of nitrogens with zero attached hydrogens (tertiary/aromatic N) is 2. The van der Waals surface area contributed by atoms with Crippen molar-refractivity contribution in [2.24, 2.45) is 16.3 Å². The molecule has 1 fully saturated rings. The van der Waals surface area contributed by atoms with E-state index in [0.29, 0.717) is 26.2 Å². The molecular formula is C11H21N3O4. The number of aliphatic hydroxyl groups excluding tert-OH is 1. The van der Waals surface area contributed by atoms with E-state index >= 15 is 0 Å². The third-order valence-corrected chi connectivity index (χ3v) is 3.55.